The first kappa shape index (κ1) is 17.5. The summed E-state index contributed by atoms with van der Waals surface area (Å²) < 4.78 is 0. The fraction of sp³-hybridized carbons (Fsp3) is 0.588. The van der Waals surface area contributed by atoms with Crippen LogP contribution < -0.4 is 10.6 Å². The van der Waals surface area contributed by atoms with Crippen LogP contribution in [-0.2, 0) is 0 Å². The normalized spacial score (nSPS) is 12.2. The second-order valence-corrected chi connectivity index (χ2v) is 5.93. The highest BCUT2D eigenvalue weighted by atomic mass is 16.3. The van der Waals surface area contributed by atoms with Crippen LogP contribution in [-0.4, -0.2) is 30.2 Å². The van der Waals surface area contributed by atoms with E-state index in [4.69, 9.17) is 5.11 Å². The van der Waals surface area contributed by atoms with E-state index < -0.39 is 0 Å². The van der Waals surface area contributed by atoms with Gasteiger partial charge in [-0.3, -0.25) is 4.79 Å². The maximum absolute atomic E-state index is 11.8. The molecule has 0 radical (unpaired) electrons. The van der Waals surface area contributed by atoms with Gasteiger partial charge in [0.2, 0.25) is 0 Å². The van der Waals surface area contributed by atoms with Gasteiger partial charge in [0, 0.05) is 23.8 Å². The molecule has 1 aromatic carbocycles. The molecule has 21 heavy (non-hydrogen) atoms. The number of anilines is 1. The fourth-order valence-electron chi connectivity index (χ4n) is 2.21. The Balaban J connectivity index is 2.50. The van der Waals surface area contributed by atoms with E-state index in [1.165, 1.54) is 12.8 Å². The molecule has 0 aliphatic rings. The first-order chi connectivity index (χ1) is 10.0. The van der Waals surface area contributed by atoms with E-state index in [1.54, 1.807) is 6.07 Å². The molecule has 1 rings (SSSR count). The summed E-state index contributed by atoms with van der Waals surface area (Å²) in [6.45, 7) is 6.89. The molecule has 0 bridgehead atoms. The molecule has 4 nitrogen and oxygen atoms in total. The SMILES string of the molecule is CC(C)CCCC(C)Nc1cccc(C(=O)NCCO)c1. The lowest BCUT2D eigenvalue weighted by atomic mass is 10.0. The Labute approximate surface area is 128 Å². The molecule has 0 saturated carbocycles. The van der Waals surface area contributed by atoms with Crippen molar-refractivity contribution >= 4 is 11.6 Å². The van der Waals surface area contributed by atoms with E-state index in [1.807, 2.05) is 18.2 Å². The van der Waals surface area contributed by atoms with E-state index in [9.17, 15) is 4.79 Å². The van der Waals surface area contributed by atoms with Crippen molar-refractivity contribution < 1.29 is 9.90 Å². The van der Waals surface area contributed by atoms with E-state index in [0.29, 0.717) is 11.6 Å². The number of hydrogen-bond donors (Lipinski definition) is 3. The highest BCUT2D eigenvalue weighted by Crippen LogP contribution is 2.15. The van der Waals surface area contributed by atoms with E-state index in [2.05, 4.69) is 31.4 Å². The molecule has 0 spiro atoms. The molecule has 0 aliphatic carbocycles. The predicted octanol–water partition coefficient (Wildman–Crippen LogP) is 3.04. The van der Waals surface area contributed by atoms with Gasteiger partial charge in [-0.15, -0.1) is 0 Å². The lowest BCUT2D eigenvalue weighted by molar-refractivity contribution is 0.0945. The molecule has 1 atom stereocenters. The largest absolute Gasteiger partial charge is 0.395 e. The Morgan fingerprint density at radius 2 is 2.00 bits per heavy atom. The Morgan fingerprint density at radius 1 is 1.24 bits per heavy atom. The average Bonchev–Trinajstić information content (AvgIpc) is 2.44. The van der Waals surface area contributed by atoms with Crippen molar-refractivity contribution in [2.24, 2.45) is 5.92 Å². The van der Waals surface area contributed by atoms with Gasteiger partial charge in [0.05, 0.1) is 6.61 Å². The highest BCUT2D eigenvalue weighted by Gasteiger charge is 2.07. The Morgan fingerprint density at radius 3 is 2.67 bits per heavy atom. The molecular formula is C17H28N2O2. The first-order valence-corrected chi connectivity index (χ1v) is 7.78. The Bertz CT molecular complexity index is 433. The highest BCUT2D eigenvalue weighted by molar-refractivity contribution is 5.95. The summed E-state index contributed by atoms with van der Waals surface area (Å²) in [5.41, 5.74) is 1.58. The lowest BCUT2D eigenvalue weighted by Gasteiger charge is -2.16. The molecule has 0 saturated heterocycles. The van der Waals surface area contributed by atoms with Gasteiger partial charge in [-0.2, -0.15) is 0 Å². The van der Waals surface area contributed by atoms with Gasteiger partial charge < -0.3 is 15.7 Å². The summed E-state index contributed by atoms with van der Waals surface area (Å²) in [5, 5.41) is 14.8. The summed E-state index contributed by atoms with van der Waals surface area (Å²) in [7, 11) is 0. The monoisotopic (exact) mass is 292 g/mol. The number of hydrogen-bond acceptors (Lipinski definition) is 3. The maximum Gasteiger partial charge on any atom is 0.251 e. The number of benzene rings is 1. The number of aliphatic hydroxyl groups is 1. The molecule has 0 aromatic heterocycles. The number of carbonyl (C=O) groups excluding carboxylic acids is 1. The van der Waals surface area contributed by atoms with Crippen LogP contribution in [0.2, 0.25) is 0 Å². The summed E-state index contributed by atoms with van der Waals surface area (Å²) in [4.78, 5) is 11.8. The number of rotatable bonds is 9. The van der Waals surface area contributed by atoms with Crippen molar-refractivity contribution in [2.75, 3.05) is 18.5 Å². The van der Waals surface area contributed by atoms with Gasteiger partial charge >= 0.3 is 0 Å². The molecule has 0 aliphatic heterocycles. The molecule has 0 fully saturated rings. The summed E-state index contributed by atoms with van der Waals surface area (Å²) in [6, 6.07) is 7.87. The summed E-state index contributed by atoms with van der Waals surface area (Å²) >= 11 is 0. The van der Waals surface area contributed by atoms with Gasteiger partial charge in [-0.25, -0.2) is 0 Å². The van der Waals surface area contributed by atoms with Crippen LogP contribution in [0.15, 0.2) is 24.3 Å². The fourth-order valence-corrected chi connectivity index (χ4v) is 2.21. The minimum Gasteiger partial charge on any atom is -0.395 e. The maximum atomic E-state index is 11.8. The van der Waals surface area contributed by atoms with Crippen molar-refractivity contribution in [1.29, 1.82) is 0 Å². The van der Waals surface area contributed by atoms with Crippen molar-refractivity contribution in [1.82, 2.24) is 5.32 Å². The smallest absolute Gasteiger partial charge is 0.251 e. The zero-order valence-corrected chi connectivity index (χ0v) is 13.4. The van der Waals surface area contributed by atoms with Crippen molar-refractivity contribution in [3.8, 4) is 0 Å². The second-order valence-electron chi connectivity index (χ2n) is 5.93. The number of carbonyl (C=O) groups is 1. The molecule has 4 heteroatoms. The second kappa shape index (κ2) is 9.40. The van der Waals surface area contributed by atoms with Gasteiger partial charge in [0.15, 0.2) is 0 Å². The van der Waals surface area contributed by atoms with Crippen LogP contribution in [0.3, 0.4) is 0 Å². The van der Waals surface area contributed by atoms with Crippen LogP contribution >= 0.6 is 0 Å². The molecule has 118 valence electrons. The van der Waals surface area contributed by atoms with E-state index in [-0.39, 0.29) is 19.1 Å². The van der Waals surface area contributed by atoms with Crippen molar-refractivity contribution in [3.05, 3.63) is 29.8 Å². The number of aliphatic hydroxyl groups excluding tert-OH is 1. The third-order valence-corrected chi connectivity index (χ3v) is 3.35. The van der Waals surface area contributed by atoms with E-state index >= 15 is 0 Å². The molecule has 1 unspecified atom stereocenters. The zero-order chi connectivity index (χ0) is 15.7. The molecule has 1 amide bonds. The average molecular weight is 292 g/mol. The van der Waals surface area contributed by atoms with Crippen molar-refractivity contribution in [2.45, 2.75) is 46.1 Å². The Hall–Kier alpha value is -1.55. The minimum absolute atomic E-state index is 0.0451. The van der Waals surface area contributed by atoms with Crippen LogP contribution in [0, 0.1) is 5.92 Å². The summed E-state index contributed by atoms with van der Waals surface area (Å²) in [6.07, 6.45) is 3.58. The molecule has 0 heterocycles. The number of nitrogens with one attached hydrogen (secondary N) is 2. The van der Waals surface area contributed by atoms with Gasteiger partial charge in [-0.1, -0.05) is 32.8 Å². The minimum atomic E-state index is -0.153. The quantitative estimate of drug-likeness (QED) is 0.655. The van der Waals surface area contributed by atoms with Crippen LogP contribution in [0.4, 0.5) is 5.69 Å². The zero-order valence-electron chi connectivity index (χ0n) is 13.4. The molecule has 3 N–H and O–H groups in total. The predicted molar refractivity (Wildman–Crippen MR) is 87.6 cm³/mol. The third kappa shape index (κ3) is 7.14. The standard InChI is InChI=1S/C17H28N2O2/c1-13(2)6-4-7-14(3)19-16-9-5-8-15(12-16)17(21)18-10-11-20/h5,8-9,12-14,19-20H,4,6-7,10-11H2,1-3H3,(H,18,21). The van der Waals surface area contributed by atoms with Crippen LogP contribution in [0.5, 0.6) is 0 Å². The first-order valence-electron chi connectivity index (χ1n) is 7.78. The topological polar surface area (TPSA) is 61.4 Å². The Kier molecular flexibility index (Phi) is 7.83. The molecule has 1 aromatic rings. The van der Waals surface area contributed by atoms with Crippen molar-refractivity contribution in [3.63, 3.8) is 0 Å². The van der Waals surface area contributed by atoms with Gasteiger partial charge in [-0.05, 0) is 37.5 Å². The summed E-state index contributed by atoms with van der Waals surface area (Å²) in [5.74, 6) is 0.593. The van der Waals surface area contributed by atoms with Crippen LogP contribution in [0.25, 0.3) is 0 Å². The lowest BCUT2D eigenvalue weighted by Crippen LogP contribution is -2.26. The van der Waals surface area contributed by atoms with Gasteiger partial charge in [0.25, 0.3) is 5.91 Å². The van der Waals surface area contributed by atoms with E-state index in [0.717, 1.165) is 18.0 Å². The molecular weight excluding hydrogens is 264 g/mol. The van der Waals surface area contributed by atoms with Gasteiger partial charge in [0.1, 0.15) is 0 Å². The third-order valence-electron chi connectivity index (χ3n) is 3.35. The van der Waals surface area contributed by atoms with Crippen LogP contribution in [0.1, 0.15) is 50.4 Å². The number of amides is 1.